The van der Waals surface area contributed by atoms with Crippen LogP contribution in [0, 0.1) is 12.3 Å². The van der Waals surface area contributed by atoms with E-state index in [0.717, 1.165) is 38.0 Å². The van der Waals surface area contributed by atoms with Gasteiger partial charge in [-0.05, 0) is 55.2 Å². The van der Waals surface area contributed by atoms with Gasteiger partial charge in [0.05, 0.1) is 6.42 Å². The molecule has 10 heteroatoms. The number of urea groups is 1. The molecule has 5 rings (SSSR count). The first-order valence-electron chi connectivity index (χ1n) is 14.9. The number of aliphatic carboxylic acids is 1. The van der Waals surface area contributed by atoms with E-state index in [2.05, 4.69) is 22.3 Å². The SMILES string of the molecule is Cc1ccc(N2CC(CC(=O)O)(CC(=O)NC3CCN(Cc4ccccc4)CC3)CN(Cc3ccc(Cl)cc3Cl)C2=O)cc1. The predicted octanol–water partition coefficient (Wildman–Crippen LogP) is 6.38. The number of carboxylic acid groups (broad SMARTS) is 1. The normalized spacial score (nSPS) is 19.7. The Balaban J connectivity index is 1.33. The second-order valence-electron chi connectivity index (χ2n) is 12.1. The summed E-state index contributed by atoms with van der Waals surface area (Å²) in [4.78, 5) is 45.3. The lowest BCUT2D eigenvalue weighted by Gasteiger charge is -2.47. The molecule has 0 radical (unpaired) electrons. The molecule has 0 bridgehead atoms. The smallest absolute Gasteiger partial charge is 0.324 e. The third kappa shape index (κ3) is 8.11. The highest BCUT2D eigenvalue weighted by molar-refractivity contribution is 6.35. The number of carbonyl (C=O) groups is 3. The number of hydrogen-bond donors (Lipinski definition) is 2. The van der Waals surface area contributed by atoms with Crippen LogP contribution in [0.1, 0.15) is 42.4 Å². The van der Waals surface area contributed by atoms with Gasteiger partial charge < -0.3 is 15.3 Å². The molecule has 0 aromatic heterocycles. The Hall–Kier alpha value is -3.59. The molecule has 3 aromatic rings. The van der Waals surface area contributed by atoms with Crippen molar-refractivity contribution in [2.75, 3.05) is 31.1 Å². The van der Waals surface area contributed by atoms with E-state index in [4.69, 9.17) is 23.2 Å². The molecule has 1 atom stereocenters. The molecule has 2 saturated heterocycles. The zero-order valence-corrected chi connectivity index (χ0v) is 26.4. The molecule has 8 nitrogen and oxygen atoms in total. The third-order valence-electron chi connectivity index (χ3n) is 8.51. The zero-order valence-electron chi connectivity index (χ0n) is 24.8. The Morgan fingerprint density at radius 2 is 1.64 bits per heavy atom. The van der Waals surface area contributed by atoms with Gasteiger partial charge in [0.25, 0.3) is 0 Å². The molecule has 0 spiro atoms. The first-order chi connectivity index (χ1) is 21.1. The molecule has 2 aliphatic heterocycles. The van der Waals surface area contributed by atoms with E-state index < -0.39 is 11.4 Å². The Morgan fingerprint density at radius 1 is 0.932 bits per heavy atom. The largest absolute Gasteiger partial charge is 0.481 e. The van der Waals surface area contributed by atoms with Gasteiger partial charge in [-0.25, -0.2) is 4.79 Å². The van der Waals surface area contributed by atoms with Gasteiger partial charge in [0.15, 0.2) is 0 Å². The molecule has 0 saturated carbocycles. The Kier molecular flexibility index (Phi) is 10.1. The van der Waals surface area contributed by atoms with E-state index in [9.17, 15) is 19.5 Å². The van der Waals surface area contributed by atoms with Crippen LogP contribution in [0.3, 0.4) is 0 Å². The van der Waals surface area contributed by atoms with Crippen LogP contribution in [0.25, 0.3) is 0 Å². The molecule has 1 unspecified atom stereocenters. The van der Waals surface area contributed by atoms with Crippen LogP contribution in [-0.2, 0) is 22.7 Å². The summed E-state index contributed by atoms with van der Waals surface area (Å²) in [6.45, 7) is 4.93. The van der Waals surface area contributed by atoms with Crippen molar-refractivity contribution in [3.63, 3.8) is 0 Å². The highest BCUT2D eigenvalue weighted by Gasteiger charge is 2.46. The molecule has 232 valence electrons. The van der Waals surface area contributed by atoms with Gasteiger partial charge in [0.2, 0.25) is 5.91 Å². The molecule has 2 N–H and O–H groups in total. The van der Waals surface area contributed by atoms with Gasteiger partial charge in [-0.15, -0.1) is 0 Å². The van der Waals surface area contributed by atoms with Crippen molar-refractivity contribution >= 4 is 46.8 Å². The number of hydrogen-bond acceptors (Lipinski definition) is 4. The first kappa shape index (κ1) is 31.8. The number of anilines is 1. The Bertz CT molecular complexity index is 1480. The van der Waals surface area contributed by atoms with Gasteiger partial charge >= 0.3 is 12.0 Å². The maximum atomic E-state index is 13.9. The zero-order chi connectivity index (χ0) is 31.3. The van der Waals surface area contributed by atoms with E-state index in [-0.39, 0.29) is 50.5 Å². The summed E-state index contributed by atoms with van der Waals surface area (Å²) in [5.74, 6) is -1.22. The minimum Gasteiger partial charge on any atom is -0.481 e. The predicted molar refractivity (Wildman–Crippen MR) is 173 cm³/mol. The summed E-state index contributed by atoms with van der Waals surface area (Å²) in [7, 11) is 0. The van der Waals surface area contributed by atoms with Crippen LogP contribution in [0.5, 0.6) is 0 Å². The molecule has 2 heterocycles. The first-order valence-corrected chi connectivity index (χ1v) is 15.7. The quantitative estimate of drug-likeness (QED) is 0.269. The summed E-state index contributed by atoms with van der Waals surface area (Å²) < 4.78 is 0. The van der Waals surface area contributed by atoms with Gasteiger partial charge in [-0.1, -0.05) is 77.3 Å². The van der Waals surface area contributed by atoms with Gasteiger partial charge in [-0.3, -0.25) is 19.4 Å². The number of nitrogens with one attached hydrogen (secondary N) is 1. The van der Waals surface area contributed by atoms with Crippen molar-refractivity contribution in [3.05, 3.63) is 99.5 Å². The van der Waals surface area contributed by atoms with Gasteiger partial charge in [0.1, 0.15) is 0 Å². The Labute approximate surface area is 268 Å². The van der Waals surface area contributed by atoms with E-state index in [1.54, 1.807) is 28.0 Å². The molecule has 2 fully saturated rings. The lowest BCUT2D eigenvalue weighted by molar-refractivity contribution is -0.141. The average molecular weight is 638 g/mol. The number of halogens is 2. The second kappa shape index (κ2) is 14.0. The standard InChI is InChI=1S/C34H38Cl2N4O4/c1-24-7-11-29(12-8-24)40-23-34(19-32(42)43,22-39(33(40)44)21-26-9-10-27(35)17-30(26)36)18-31(41)37-28-13-15-38(16-14-28)20-25-5-3-2-4-6-25/h2-12,17,28H,13-16,18-23H2,1H3,(H,37,41)(H,42,43). The van der Waals surface area contributed by atoms with Crippen LogP contribution >= 0.6 is 23.2 Å². The Morgan fingerprint density at radius 3 is 2.30 bits per heavy atom. The van der Waals surface area contributed by atoms with Crippen LogP contribution in [-0.4, -0.2) is 65.0 Å². The highest BCUT2D eigenvalue weighted by Crippen LogP contribution is 2.38. The number of carboxylic acids is 1. The lowest BCUT2D eigenvalue weighted by atomic mass is 9.77. The number of carbonyl (C=O) groups excluding carboxylic acids is 2. The van der Waals surface area contributed by atoms with Crippen LogP contribution in [0.15, 0.2) is 72.8 Å². The van der Waals surface area contributed by atoms with E-state index >= 15 is 0 Å². The van der Waals surface area contributed by atoms with Gasteiger partial charge in [-0.2, -0.15) is 0 Å². The number of rotatable bonds is 10. The number of nitrogens with zero attached hydrogens (tertiary/aromatic N) is 3. The number of aryl methyl sites for hydroxylation is 1. The summed E-state index contributed by atoms with van der Waals surface area (Å²) in [6, 6.07) is 22.7. The molecule has 0 aliphatic carbocycles. The van der Waals surface area contributed by atoms with Crippen LogP contribution < -0.4 is 10.2 Å². The lowest BCUT2D eigenvalue weighted by Crippen LogP contribution is -2.60. The maximum Gasteiger partial charge on any atom is 0.324 e. The molecule has 44 heavy (non-hydrogen) atoms. The fourth-order valence-electron chi connectivity index (χ4n) is 6.30. The fraction of sp³-hybridized carbons (Fsp3) is 0.382. The number of amides is 3. The highest BCUT2D eigenvalue weighted by atomic mass is 35.5. The summed E-state index contributed by atoms with van der Waals surface area (Å²) in [5.41, 5.74) is 2.61. The number of piperidine rings is 1. The summed E-state index contributed by atoms with van der Waals surface area (Å²) in [5, 5.41) is 14.1. The molecule has 2 aliphatic rings. The van der Waals surface area contributed by atoms with Crippen molar-refractivity contribution in [1.82, 2.24) is 15.1 Å². The molecule has 3 aromatic carbocycles. The molecular weight excluding hydrogens is 599 g/mol. The number of benzene rings is 3. The third-order valence-corrected chi connectivity index (χ3v) is 9.09. The van der Waals surface area contributed by atoms with Crippen molar-refractivity contribution in [3.8, 4) is 0 Å². The van der Waals surface area contributed by atoms with Crippen LogP contribution in [0.4, 0.5) is 10.5 Å². The summed E-state index contributed by atoms with van der Waals surface area (Å²) >= 11 is 12.6. The number of likely N-dealkylation sites (tertiary alicyclic amines) is 1. The maximum absolute atomic E-state index is 13.9. The van der Waals surface area contributed by atoms with Crippen molar-refractivity contribution in [2.45, 2.75) is 51.7 Å². The van der Waals surface area contributed by atoms with Crippen molar-refractivity contribution in [1.29, 1.82) is 0 Å². The monoisotopic (exact) mass is 636 g/mol. The van der Waals surface area contributed by atoms with E-state index in [1.807, 2.05) is 49.4 Å². The minimum absolute atomic E-state index is 0.0128. The molecular formula is C34H38Cl2N4O4. The van der Waals surface area contributed by atoms with E-state index in [0.29, 0.717) is 21.3 Å². The van der Waals surface area contributed by atoms with Gasteiger partial charge in [0, 0.05) is 72.9 Å². The topological polar surface area (TPSA) is 93.2 Å². The van der Waals surface area contributed by atoms with Crippen molar-refractivity contribution < 1.29 is 19.5 Å². The average Bonchev–Trinajstić information content (AvgIpc) is 2.98. The van der Waals surface area contributed by atoms with Crippen molar-refractivity contribution in [2.24, 2.45) is 5.41 Å². The summed E-state index contributed by atoms with van der Waals surface area (Å²) in [6.07, 6.45) is 1.35. The fourth-order valence-corrected chi connectivity index (χ4v) is 6.77. The van der Waals surface area contributed by atoms with E-state index in [1.165, 1.54) is 5.56 Å². The molecule has 3 amide bonds. The van der Waals surface area contributed by atoms with Crippen LogP contribution in [0.2, 0.25) is 10.0 Å². The minimum atomic E-state index is -1.03. The second-order valence-corrected chi connectivity index (χ2v) is 13.0.